The number of hydrogen-bond acceptors (Lipinski definition) is 9. The SMILES string of the molecule is O=S(=O)(Nc1ccc(Oc2ncncc2-c2ccnc(N[C@H]3CCCNC3)n2)c(F)c1)c1ccccc1. The number of halogens is 1. The van der Waals surface area contributed by atoms with E-state index in [1.807, 2.05) is 0 Å². The van der Waals surface area contributed by atoms with Crippen molar-refractivity contribution >= 4 is 21.7 Å². The summed E-state index contributed by atoms with van der Waals surface area (Å²) in [4.78, 5) is 17.2. The second-order valence-electron chi connectivity index (χ2n) is 8.36. The van der Waals surface area contributed by atoms with E-state index in [-0.39, 0.29) is 28.3 Å². The van der Waals surface area contributed by atoms with Crippen LogP contribution in [0.25, 0.3) is 11.3 Å². The second kappa shape index (κ2) is 10.8. The summed E-state index contributed by atoms with van der Waals surface area (Å²) in [5.74, 6) is -0.353. The molecule has 3 N–H and O–H groups in total. The van der Waals surface area contributed by atoms with Gasteiger partial charge in [0.25, 0.3) is 10.0 Å². The second-order valence-corrected chi connectivity index (χ2v) is 10.0. The van der Waals surface area contributed by atoms with E-state index < -0.39 is 15.8 Å². The van der Waals surface area contributed by atoms with Gasteiger partial charge in [-0.1, -0.05) is 18.2 Å². The fraction of sp³-hybridized carbons (Fsp3) is 0.200. The summed E-state index contributed by atoms with van der Waals surface area (Å²) in [5, 5.41) is 6.66. The summed E-state index contributed by atoms with van der Waals surface area (Å²) in [6.45, 7) is 1.82. The molecule has 5 rings (SSSR count). The average Bonchev–Trinajstić information content (AvgIpc) is 2.92. The molecule has 37 heavy (non-hydrogen) atoms. The number of nitrogens with zero attached hydrogens (tertiary/aromatic N) is 4. The summed E-state index contributed by atoms with van der Waals surface area (Å²) in [7, 11) is -3.86. The van der Waals surface area contributed by atoms with E-state index in [1.165, 1.54) is 36.8 Å². The first kappa shape index (κ1) is 24.5. The molecule has 1 aliphatic heterocycles. The Labute approximate surface area is 213 Å². The molecule has 1 saturated heterocycles. The molecule has 0 unspecified atom stereocenters. The van der Waals surface area contributed by atoms with Crippen LogP contribution in [0.5, 0.6) is 11.6 Å². The van der Waals surface area contributed by atoms with Crippen LogP contribution in [0.4, 0.5) is 16.0 Å². The van der Waals surface area contributed by atoms with Gasteiger partial charge < -0.3 is 15.4 Å². The third kappa shape index (κ3) is 5.98. The van der Waals surface area contributed by atoms with Crippen LogP contribution in [0.2, 0.25) is 0 Å². The van der Waals surface area contributed by atoms with Crippen molar-refractivity contribution in [1.82, 2.24) is 25.3 Å². The van der Waals surface area contributed by atoms with Crippen molar-refractivity contribution in [2.75, 3.05) is 23.1 Å². The quantitative estimate of drug-likeness (QED) is 0.317. The van der Waals surface area contributed by atoms with Gasteiger partial charge in [-0.3, -0.25) is 4.72 Å². The first-order valence-electron chi connectivity index (χ1n) is 11.6. The molecule has 1 fully saturated rings. The van der Waals surface area contributed by atoms with Crippen molar-refractivity contribution in [3.05, 3.63) is 79.1 Å². The van der Waals surface area contributed by atoms with Crippen LogP contribution in [0.3, 0.4) is 0 Å². The molecule has 2 aromatic heterocycles. The maximum absolute atomic E-state index is 14.9. The first-order chi connectivity index (χ1) is 18.0. The van der Waals surface area contributed by atoms with Gasteiger partial charge in [-0.05, 0) is 49.7 Å². The van der Waals surface area contributed by atoms with Crippen LogP contribution >= 0.6 is 0 Å². The Morgan fingerprint density at radius 1 is 1.08 bits per heavy atom. The minimum atomic E-state index is -3.86. The molecule has 0 radical (unpaired) electrons. The van der Waals surface area contributed by atoms with Gasteiger partial charge in [-0.2, -0.15) is 0 Å². The lowest BCUT2D eigenvalue weighted by atomic mass is 10.1. The van der Waals surface area contributed by atoms with Gasteiger partial charge >= 0.3 is 0 Å². The first-order valence-corrected chi connectivity index (χ1v) is 13.1. The van der Waals surface area contributed by atoms with Gasteiger partial charge in [-0.15, -0.1) is 0 Å². The summed E-state index contributed by atoms with van der Waals surface area (Å²) >= 11 is 0. The molecule has 10 nitrogen and oxygen atoms in total. The van der Waals surface area contributed by atoms with Crippen LogP contribution in [-0.2, 0) is 10.0 Å². The standard InChI is InChI=1S/C25H24FN7O3S/c26-21-13-17(33-37(34,35)19-6-2-1-3-7-19)8-9-23(21)36-24-20(15-28-16-30-24)22-10-12-29-25(32-22)31-18-5-4-11-27-14-18/h1-3,6-10,12-13,15-16,18,27,33H,4-5,11,14H2,(H,29,31,32)/t18-/m0/s1. The minimum Gasteiger partial charge on any atom is -0.435 e. The summed E-state index contributed by atoms with van der Waals surface area (Å²) in [6, 6.07) is 13.5. The Morgan fingerprint density at radius 2 is 1.95 bits per heavy atom. The number of rotatable bonds is 8. The molecule has 0 saturated carbocycles. The zero-order valence-electron chi connectivity index (χ0n) is 19.6. The van der Waals surface area contributed by atoms with E-state index in [2.05, 4.69) is 35.3 Å². The van der Waals surface area contributed by atoms with E-state index in [0.717, 1.165) is 32.0 Å². The Morgan fingerprint density at radius 3 is 2.73 bits per heavy atom. The highest BCUT2D eigenvalue weighted by atomic mass is 32.2. The van der Waals surface area contributed by atoms with Crippen LogP contribution < -0.4 is 20.1 Å². The molecular formula is C25H24FN7O3S. The molecule has 1 atom stereocenters. The summed E-state index contributed by atoms with van der Waals surface area (Å²) in [5.41, 5.74) is 1.01. The molecule has 2 aromatic carbocycles. The van der Waals surface area contributed by atoms with Gasteiger partial charge in [0.1, 0.15) is 6.33 Å². The molecular weight excluding hydrogens is 497 g/mol. The van der Waals surface area contributed by atoms with E-state index in [9.17, 15) is 12.8 Å². The van der Waals surface area contributed by atoms with E-state index >= 15 is 0 Å². The number of hydrogen-bond donors (Lipinski definition) is 3. The highest BCUT2D eigenvalue weighted by molar-refractivity contribution is 7.92. The van der Waals surface area contributed by atoms with Crippen LogP contribution in [0, 0.1) is 5.82 Å². The summed E-state index contributed by atoms with van der Waals surface area (Å²) < 4.78 is 48.1. The molecule has 3 heterocycles. The van der Waals surface area contributed by atoms with Crippen molar-refractivity contribution in [2.45, 2.75) is 23.8 Å². The Bertz CT molecular complexity index is 1480. The normalized spacial score (nSPS) is 15.6. The molecule has 0 amide bonds. The fourth-order valence-corrected chi connectivity index (χ4v) is 4.95. The number of nitrogens with one attached hydrogen (secondary N) is 3. The fourth-order valence-electron chi connectivity index (χ4n) is 3.88. The Balaban J connectivity index is 1.35. The van der Waals surface area contributed by atoms with Crippen molar-refractivity contribution in [2.24, 2.45) is 0 Å². The third-order valence-electron chi connectivity index (χ3n) is 5.68. The molecule has 0 bridgehead atoms. The molecule has 4 aromatic rings. The van der Waals surface area contributed by atoms with Crippen molar-refractivity contribution in [3.8, 4) is 22.9 Å². The minimum absolute atomic E-state index is 0.0559. The zero-order chi connectivity index (χ0) is 25.7. The molecule has 1 aliphatic rings. The number of ether oxygens (including phenoxy) is 1. The van der Waals surface area contributed by atoms with Gasteiger partial charge in [-0.25, -0.2) is 32.7 Å². The number of benzene rings is 2. The van der Waals surface area contributed by atoms with E-state index in [4.69, 9.17) is 4.74 Å². The number of piperidine rings is 1. The van der Waals surface area contributed by atoms with Crippen LogP contribution in [-0.4, -0.2) is 47.5 Å². The highest BCUT2D eigenvalue weighted by Gasteiger charge is 2.18. The molecule has 0 spiro atoms. The maximum atomic E-state index is 14.9. The van der Waals surface area contributed by atoms with Gasteiger partial charge in [0, 0.05) is 31.0 Å². The molecule has 190 valence electrons. The highest BCUT2D eigenvalue weighted by Crippen LogP contribution is 2.32. The van der Waals surface area contributed by atoms with E-state index in [1.54, 1.807) is 30.5 Å². The maximum Gasteiger partial charge on any atom is 0.261 e. The van der Waals surface area contributed by atoms with Crippen molar-refractivity contribution in [3.63, 3.8) is 0 Å². The predicted molar refractivity (Wildman–Crippen MR) is 136 cm³/mol. The van der Waals surface area contributed by atoms with Crippen molar-refractivity contribution < 1.29 is 17.5 Å². The smallest absolute Gasteiger partial charge is 0.261 e. The topological polar surface area (TPSA) is 131 Å². The number of anilines is 2. The van der Waals surface area contributed by atoms with Crippen molar-refractivity contribution in [1.29, 1.82) is 0 Å². The predicted octanol–water partition coefficient (Wildman–Crippen LogP) is 3.83. The lowest BCUT2D eigenvalue weighted by molar-refractivity contribution is 0.428. The lowest BCUT2D eigenvalue weighted by Gasteiger charge is -2.23. The average molecular weight is 522 g/mol. The van der Waals surface area contributed by atoms with E-state index in [0.29, 0.717) is 17.2 Å². The largest absolute Gasteiger partial charge is 0.435 e. The van der Waals surface area contributed by atoms with Gasteiger partial charge in [0.2, 0.25) is 11.8 Å². The number of aromatic nitrogens is 4. The van der Waals surface area contributed by atoms with Gasteiger partial charge in [0.05, 0.1) is 21.8 Å². The van der Waals surface area contributed by atoms with Gasteiger partial charge in [0.15, 0.2) is 11.6 Å². The summed E-state index contributed by atoms with van der Waals surface area (Å²) in [6.07, 6.45) is 6.51. The zero-order valence-corrected chi connectivity index (χ0v) is 20.5. The Hall–Kier alpha value is -4.16. The third-order valence-corrected chi connectivity index (χ3v) is 7.08. The monoisotopic (exact) mass is 521 g/mol. The molecule has 12 heteroatoms. The lowest BCUT2D eigenvalue weighted by Crippen LogP contribution is -2.38. The Kier molecular flexibility index (Phi) is 7.19. The van der Waals surface area contributed by atoms with Crippen LogP contribution in [0.1, 0.15) is 12.8 Å². The number of sulfonamides is 1. The molecule has 0 aliphatic carbocycles. The van der Waals surface area contributed by atoms with Crippen LogP contribution in [0.15, 0.2) is 78.2 Å².